The summed E-state index contributed by atoms with van der Waals surface area (Å²) in [5.74, 6) is 0.347. The number of ether oxygens (including phenoxy) is 1. The first kappa shape index (κ1) is 9.33. The van der Waals surface area contributed by atoms with E-state index in [0.717, 1.165) is 5.56 Å². The number of hydrogen-bond donors (Lipinski definition) is 0. The Labute approximate surface area is 76.1 Å². The average molecular weight is 189 g/mol. The van der Waals surface area contributed by atoms with Crippen molar-refractivity contribution in [2.45, 2.75) is 12.8 Å². The van der Waals surface area contributed by atoms with E-state index in [2.05, 4.69) is 0 Å². The molecule has 3 heteroatoms. The monoisotopic (exact) mass is 188 g/mol. The number of alkyl halides is 1. The molecule has 1 aromatic rings. The highest BCUT2D eigenvalue weighted by Gasteiger charge is 2.08. The number of halogens is 2. The Hall–Kier alpha value is -0.760. The van der Waals surface area contributed by atoms with Crippen LogP contribution in [0.25, 0.3) is 0 Å². The van der Waals surface area contributed by atoms with Crippen LogP contribution in [0.1, 0.15) is 11.1 Å². The fraction of sp³-hybridized carbons (Fsp3) is 0.333. The minimum absolute atomic E-state index is 0.134. The summed E-state index contributed by atoms with van der Waals surface area (Å²) in [6.07, 6.45) is 0. The fourth-order valence-electron chi connectivity index (χ4n) is 1.05. The second-order valence-electron chi connectivity index (χ2n) is 2.56. The lowest BCUT2D eigenvalue weighted by atomic mass is 10.1. The first-order valence-electron chi connectivity index (χ1n) is 3.58. The summed E-state index contributed by atoms with van der Waals surface area (Å²) < 4.78 is 18.1. The Balaban J connectivity index is 3.24. The van der Waals surface area contributed by atoms with Gasteiger partial charge in [-0.25, -0.2) is 4.39 Å². The van der Waals surface area contributed by atoms with Crippen LogP contribution in [0.5, 0.6) is 5.75 Å². The molecular formula is C9H10ClFO. The van der Waals surface area contributed by atoms with Crippen LogP contribution < -0.4 is 4.74 Å². The Bertz CT molecular complexity index is 286. The van der Waals surface area contributed by atoms with Crippen LogP contribution in [0.3, 0.4) is 0 Å². The molecule has 0 aliphatic carbocycles. The van der Waals surface area contributed by atoms with Crippen LogP contribution >= 0.6 is 11.6 Å². The van der Waals surface area contributed by atoms with Gasteiger partial charge in [0.1, 0.15) is 11.6 Å². The molecule has 0 aromatic heterocycles. The largest absolute Gasteiger partial charge is 0.496 e. The number of hydrogen-bond acceptors (Lipinski definition) is 1. The third-order valence-electron chi connectivity index (χ3n) is 1.65. The molecule has 0 atom stereocenters. The van der Waals surface area contributed by atoms with E-state index in [1.165, 1.54) is 13.2 Å². The molecule has 0 spiro atoms. The number of rotatable bonds is 2. The van der Waals surface area contributed by atoms with Crippen LogP contribution in [0.2, 0.25) is 0 Å². The number of methoxy groups -OCH3 is 1. The molecule has 0 fully saturated rings. The molecule has 0 N–H and O–H groups in total. The van der Waals surface area contributed by atoms with Crippen molar-refractivity contribution in [2.24, 2.45) is 0 Å². The Morgan fingerprint density at radius 2 is 2.17 bits per heavy atom. The molecule has 1 rings (SSSR count). The molecule has 0 aliphatic heterocycles. The smallest absolute Gasteiger partial charge is 0.131 e. The van der Waals surface area contributed by atoms with Gasteiger partial charge in [-0.05, 0) is 24.6 Å². The highest BCUT2D eigenvalue weighted by atomic mass is 35.5. The topological polar surface area (TPSA) is 9.23 Å². The lowest BCUT2D eigenvalue weighted by Crippen LogP contribution is -1.94. The molecule has 0 aliphatic rings. The summed E-state index contributed by atoms with van der Waals surface area (Å²) in [5.41, 5.74) is 1.25. The van der Waals surface area contributed by atoms with E-state index in [1.54, 1.807) is 6.07 Å². The van der Waals surface area contributed by atoms with Gasteiger partial charge in [-0.1, -0.05) is 0 Å². The van der Waals surface area contributed by atoms with E-state index >= 15 is 0 Å². The zero-order chi connectivity index (χ0) is 9.14. The highest BCUT2D eigenvalue weighted by Crippen LogP contribution is 2.24. The third-order valence-corrected chi connectivity index (χ3v) is 1.92. The maximum atomic E-state index is 13.1. The van der Waals surface area contributed by atoms with Gasteiger partial charge in [0.25, 0.3) is 0 Å². The van der Waals surface area contributed by atoms with Gasteiger partial charge in [-0.15, -0.1) is 11.6 Å². The van der Waals surface area contributed by atoms with Gasteiger partial charge in [0, 0.05) is 5.56 Å². The van der Waals surface area contributed by atoms with Crippen molar-refractivity contribution in [1.82, 2.24) is 0 Å². The number of benzene rings is 1. The lowest BCUT2D eigenvalue weighted by molar-refractivity contribution is 0.406. The molecular weight excluding hydrogens is 179 g/mol. The van der Waals surface area contributed by atoms with Crippen molar-refractivity contribution in [3.8, 4) is 5.75 Å². The lowest BCUT2D eigenvalue weighted by Gasteiger charge is -2.07. The van der Waals surface area contributed by atoms with Crippen LogP contribution in [0, 0.1) is 12.7 Å². The summed E-state index contributed by atoms with van der Waals surface area (Å²) in [7, 11) is 1.50. The van der Waals surface area contributed by atoms with E-state index in [0.29, 0.717) is 11.3 Å². The van der Waals surface area contributed by atoms with Crippen LogP contribution in [0.15, 0.2) is 12.1 Å². The van der Waals surface area contributed by atoms with Gasteiger partial charge in [-0.3, -0.25) is 0 Å². The highest BCUT2D eigenvalue weighted by molar-refractivity contribution is 6.17. The summed E-state index contributed by atoms with van der Waals surface area (Å²) in [6.45, 7) is 1.81. The summed E-state index contributed by atoms with van der Waals surface area (Å²) in [6, 6.07) is 3.21. The Morgan fingerprint density at radius 1 is 1.50 bits per heavy atom. The van der Waals surface area contributed by atoms with Crippen molar-refractivity contribution in [3.05, 3.63) is 29.1 Å². The number of aryl methyl sites for hydroxylation is 1. The van der Waals surface area contributed by atoms with Gasteiger partial charge in [0.05, 0.1) is 13.0 Å². The first-order chi connectivity index (χ1) is 5.69. The second kappa shape index (κ2) is 3.76. The first-order valence-corrected chi connectivity index (χ1v) is 4.11. The third kappa shape index (κ3) is 1.69. The Morgan fingerprint density at radius 3 is 2.67 bits per heavy atom. The Kier molecular flexibility index (Phi) is 2.93. The SMILES string of the molecule is COc1cc(C)cc(F)c1CCl. The quantitative estimate of drug-likeness (QED) is 0.649. The molecule has 0 heterocycles. The van der Waals surface area contributed by atoms with E-state index in [-0.39, 0.29) is 11.7 Å². The predicted octanol–water partition coefficient (Wildman–Crippen LogP) is 2.88. The normalized spacial score (nSPS) is 10.0. The summed E-state index contributed by atoms with van der Waals surface area (Å²) >= 11 is 5.55. The molecule has 0 bridgehead atoms. The molecule has 0 unspecified atom stereocenters. The molecule has 66 valence electrons. The zero-order valence-corrected chi connectivity index (χ0v) is 7.78. The second-order valence-corrected chi connectivity index (χ2v) is 2.83. The molecule has 0 radical (unpaired) electrons. The predicted molar refractivity (Wildman–Crippen MR) is 47.2 cm³/mol. The van der Waals surface area contributed by atoms with Crippen molar-refractivity contribution in [2.75, 3.05) is 7.11 Å². The molecule has 12 heavy (non-hydrogen) atoms. The van der Waals surface area contributed by atoms with Crippen LogP contribution in [0.4, 0.5) is 4.39 Å². The van der Waals surface area contributed by atoms with E-state index in [1.807, 2.05) is 6.92 Å². The minimum Gasteiger partial charge on any atom is -0.496 e. The van der Waals surface area contributed by atoms with E-state index in [4.69, 9.17) is 16.3 Å². The minimum atomic E-state index is -0.304. The molecule has 0 saturated carbocycles. The van der Waals surface area contributed by atoms with Gasteiger partial charge < -0.3 is 4.74 Å². The maximum absolute atomic E-state index is 13.1. The van der Waals surface area contributed by atoms with Gasteiger partial charge in [-0.2, -0.15) is 0 Å². The van der Waals surface area contributed by atoms with Gasteiger partial charge >= 0.3 is 0 Å². The standard InChI is InChI=1S/C9H10ClFO/c1-6-3-8(11)7(5-10)9(4-6)12-2/h3-4H,5H2,1-2H3. The van der Waals surface area contributed by atoms with Crippen molar-refractivity contribution in [1.29, 1.82) is 0 Å². The zero-order valence-electron chi connectivity index (χ0n) is 7.03. The average Bonchev–Trinajstić information content (AvgIpc) is 2.03. The molecule has 1 nitrogen and oxygen atoms in total. The van der Waals surface area contributed by atoms with Crippen molar-refractivity contribution < 1.29 is 9.13 Å². The molecule has 0 saturated heterocycles. The van der Waals surface area contributed by atoms with Crippen molar-refractivity contribution in [3.63, 3.8) is 0 Å². The summed E-state index contributed by atoms with van der Waals surface area (Å²) in [4.78, 5) is 0. The van der Waals surface area contributed by atoms with Crippen molar-refractivity contribution >= 4 is 11.6 Å². The summed E-state index contributed by atoms with van der Waals surface area (Å²) in [5, 5.41) is 0. The van der Waals surface area contributed by atoms with Gasteiger partial charge in [0.2, 0.25) is 0 Å². The van der Waals surface area contributed by atoms with Crippen LogP contribution in [-0.2, 0) is 5.88 Å². The maximum Gasteiger partial charge on any atom is 0.131 e. The van der Waals surface area contributed by atoms with E-state index in [9.17, 15) is 4.39 Å². The molecule has 0 amide bonds. The molecule has 1 aromatic carbocycles. The van der Waals surface area contributed by atoms with E-state index < -0.39 is 0 Å². The fourth-order valence-corrected chi connectivity index (χ4v) is 1.31. The van der Waals surface area contributed by atoms with Gasteiger partial charge in [0.15, 0.2) is 0 Å². The van der Waals surface area contributed by atoms with Crippen LogP contribution in [-0.4, -0.2) is 7.11 Å².